The maximum Gasteiger partial charge on any atom is 0.391 e. The molecule has 0 heterocycles. The van der Waals surface area contributed by atoms with Gasteiger partial charge in [-0.25, -0.2) is 0 Å². The molecule has 0 spiro atoms. The van der Waals surface area contributed by atoms with Crippen LogP contribution in [0.5, 0.6) is 5.75 Å². The Bertz CT molecular complexity index is 688. The van der Waals surface area contributed by atoms with Crippen molar-refractivity contribution in [2.45, 2.75) is 64.3 Å². The van der Waals surface area contributed by atoms with Gasteiger partial charge in [0.1, 0.15) is 5.75 Å². The number of benzene rings is 1. The Morgan fingerprint density at radius 1 is 1.17 bits per heavy atom. The highest BCUT2D eigenvalue weighted by Gasteiger charge is 2.43. The fourth-order valence-corrected chi connectivity index (χ4v) is 3.58. The second-order valence-corrected chi connectivity index (χ2v) is 7.68. The van der Waals surface area contributed by atoms with E-state index in [2.05, 4.69) is 5.32 Å². The van der Waals surface area contributed by atoms with Crippen LogP contribution in [-0.2, 0) is 14.3 Å². The molecule has 1 N–H and O–H groups in total. The number of halogens is 3. The average molecular weight is 415 g/mol. The van der Waals surface area contributed by atoms with Crippen LogP contribution in [0.25, 0.3) is 0 Å². The highest BCUT2D eigenvalue weighted by Crippen LogP contribution is 2.40. The number of methoxy groups -OCH3 is 1. The predicted molar refractivity (Wildman–Crippen MR) is 101 cm³/mol. The van der Waals surface area contributed by atoms with Crippen LogP contribution < -0.4 is 10.1 Å². The van der Waals surface area contributed by atoms with Gasteiger partial charge in [0.05, 0.1) is 31.6 Å². The van der Waals surface area contributed by atoms with E-state index in [0.29, 0.717) is 24.2 Å². The number of esters is 1. The highest BCUT2D eigenvalue weighted by atomic mass is 19.4. The van der Waals surface area contributed by atoms with Crippen LogP contribution in [0.4, 0.5) is 13.2 Å². The van der Waals surface area contributed by atoms with Gasteiger partial charge in [0, 0.05) is 5.92 Å². The Kier molecular flexibility index (Phi) is 7.93. The third kappa shape index (κ3) is 6.94. The van der Waals surface area contributed by atoms with Gasteiger partial charge in [-0.1, -0.05) is 18.6 Å². The fourth-order valence-electron chi connectivity index (χ4n) is 3.58. The zero-order valence-electron chi connectivity index (χ0n) is 16.9. The van der Waals surface area contributed by atoms with Crippen molar-refractivity contribution in [3.8, 4) is 5.75 Å². The molecule has 1 aliphatic carbocycles. The first kappa shape index (κ1) is 23.0. The van der Waals surface area contributed by atoms with E-state index in [1.807, 2.05) is 0 Å². The molecule has 1 aliphatic rings. The van der Waals surface area contributed by atoms with Gasteiger partial charge in [-0.2, -0.15) is 13.2 Å². The second kappa shape index (κ2) is 9.98. The molecule has 1 amide bonds. The number of carbonyl (C=O) groups excluding carboxylic acids is 2. The SMILES string of the molecule is COc1ccc([C@@H](CC(=O)OC(C)C)NC(=O)[C@H]2CCC[C@@H](C(F)(F)F)C2)cc1. The van der Waals surface area contributed by atoms with Gasteiger partial charge in [-0.3, -0.25) is 9.59 Å². The van der Waals surface area contributed by atoms with Crippen molar-refractivity contribution in [3.63, 3.8) is 0 Å². The van der Waals surface area contributed by atoms with Crippen LogP contribution in [0.1, 0.15) is 57.6 Å². The second-order valence-electron chi connectivity index (χ2n) is 7.68. The molecule has 0 unspecified atom stereocenters. The lowest BCUT2D eigenvalue weighted by Crippen LogP contribution is -2.39. The molecule has 1 saturated carbocycles. The summed E-state index contributed by atoms with van der Waals surface area (Å²) >= 11 is 0. The number of hydrogen-bond donors (Lipinski definition) is 1. The Balaban J connectivity index is 2.12. The number of alkyl halides is 3. The van der Waals surface area contributed by atoms with Crippen molar-refractivity contribution in [1.82, 2.24) is 5.32 Å². The van der Waals surface area contributed by atoms with E-state index in [1.165, 1.54) is 7.11 Å². The summed E-state index contributed by atoms with van der Waals surface area (Å²) in [7, 11) is 1.52. The molecule has 8 heteroatoms. The van der Waals surface area contributed by atoms with Crippen molar-refractivity contribution < 1.29 is 32.2 Å². The predicted octanol–water partition coefficient (Wildman–Crippen LogP) is 4.56. The summed E-state index contributed by atoms with van der Waals surface area (Å²) in [5.41, 5.74) is 0.656. The quantitative estimate of drug-likeness (QED) is 0.663. The molecule has 0 saturated heterocycles. The van der Waals surface area contributed by atoms with Crippen molar-refractivity contribution in [2.75, 3.05) is 7.11 Å². The molecular formula is C21H28F3NO4. The summed E-state index contributed by atoms with van der Waals surface area (Å²) in [6.45, 7) is 3.44. The normalized spacial score (nSPS) is 20.8. The lowest BCUT2D eigenvalue weighted by Gasteiger charge is -2.31. The maximum atomic E-state index is 13.1. The highest BCUT2D eigenvalue weighted by molar-refractivity contribution is 5.80. The Labute approximate surface area is 168 Å². The molecule has 0 aliphatic heterocycles. The molecule has 1 aromatic carbocycles. The zero-order chi connectivity index (χ0) is 21.6. The number of carbonyl (C=O) groups is 2. The largest absolute Gasteiger partial charge is 0.497 e. The lowest BCUT2D eigenvalue weighted by atomic mass is 9.80. The fraction of sp³-hybridized carbons (Fsp3) is 0.619. The first-order chi connectivity index (χ1) is 13.6. The molecule has 0 radical (unpaired) electrons. The van der Waals surface area contributed by atoms with E-state index < -0.39 is 35.9 Å². The Morgan fingerprint density at radius 3 is 2.38 bits per heavy atom. The Morgan fingerprint density at radius 2 is 1.83 bits per heavy atom. The molecule has 2 rings (SSSR count). The van der Waals surface area contributed by atoms with Crippen LogP contribution in [-0.4, -0.2) is 31.3 Å². The van der Waals surface area contributed by atoms with Crippen LogP contribution in [0.2, 0.25) is 0 Å². The molecule has 5 nitrogen and oxygen atoms in total. The molecule has 0 bridgehead atoms. The number of nitrogens with one attached hydrogen (secondary N) is 1. The monoisotopic (exact) mass is 415 g/mol. The Hall–Kier alpha value is -2.25. The van der Waals surface area contributed by atoms with Gasteiger partial charge in [0.2, 0.25) is 5.91 Å². The van der Waals surface area contributed by atoms with E-state index in [-0.39, 0.29) is 25.4 Å². The summed E-state index contributed by atoms with van der Waals surface area (Å²) in [5.74, 6) is -2.52. The lowest BCUT2D eigenvalue weighted by molar-refractivity contribution is -0.186. The topological polar surface area (TPSA) is 64.6 Å². The van der Waals surface area contributed by atoms with E-state index in [0.717, 1.165) is 0 Å². The molecule has 0 aromatic heterocycles. The summed E-state index contributed by atoms with van der Waals surface area (Å²) in [4.78, 5) is 24.9. The minimum atomic E-state index is -4.30. The van der Waals surface area contributed by atoms with Crippen LogP contribution in [0.3, 0.4) is 0 Å². The van der Waals surface area contributed by atoms with Gasteiger partial charge >= 0.3 is 12.1 Å². The third-order valence-electron chi connectivity index (χ3n) is 5.08. The molecule has 29 heavy (non-hydrogen) atoms. The van der Waals surface area contributed by atoms with Crippen molar-refractivity contribution >= 4 is 11.9 Å². The summed E-state index contributed by atoms with van der Waals surface area (Å²) < 4.78 is 49.5. The van der Waals surface area contributed by atoms with Gasteiger partial charge in [0.25, 0.3) is 0 Å². The average Bonchev–Trinajstić information content (AvgIpc) is 2.66. The van der Waals surface area contributed by atoms with Crippen molar-refractivity contribution in [2.24, 2.45) is 11.8 Å². The van der Waals surface area contributed by atoms with E-state index in [4.69, 9.17) is 9.47 Å². The number of rotatable bonds is 7. The third-order valence-corrected chi connectivity index (χ3v) is 5.08. The van der Waals surface area contributed by atoms with Gasteiger partial charge in [-0.15, -0.1) is 0 Å². The molecule has 3 atom stereocenters. The van der Waals surface area contributed by atoms with Crippen molar-refractivity contribution in [3.05, 3.63) is 29.8 Å². The van der Waals surface area contributed by atoms with Gasteiger partial charge in [0.15, 0.2) is 0 Å². The molecule has 162 valence electrons. The molecule has 1 fully saturated rings. The maximum absolute atomic E-state index is 13.1. The van der Waals surface area contributed by atoms with Gasteiger partial charge < -0.3 is 14.8 Å². The zero-order valence-corrected chi connectivity index (χ0v) is 16.9. The smallest absolute Gasteiger partial charge is 0.391 e. The minimum Gasteiger partial charge on any atom is -0.497 e. The minimum absolute atomic E-state index is 0.0515. The van der Waals surface area contributed by atoms with Crippen LogP contribution >= 0.6 is 0 Å². The summed E-state index contributed by atoms with van der Waals surface area (Å²) in [5, 5.41) is 2.77. The van der Waals surface area contributed by atoms with E-state index >= 15 is 0 Å². The first-order valence-corrected chi connectivity index (χ1v) is 9.80. The molecule has 1 aromatic rings. The summed E-state index contributed by atoms with van der Waals surface area (Å²) in [6.07, 6.45) is -4.12. The van der Waals surface area contributed by atoms with Crippen molar-refractivity contribution in [1.29, 1.82) is 0 Å². The molecular weight excluding hydrogens is 387 g/mol. The van der Waals surface area contributed by atoms with Gasteiger partial charge in [-0.05, 0) is 50.8 Å². The standard InChI is InChI=1S/C21H28F3NO4/c1-13(2)29-19(26)12-18(14-7-9-17(28-3)10-8-14)25-20(27)15-5-4-6-16(11-15)21(22,23)24/h7-10,13,15-16,18H,4-6,11-12H2,1-3H3,(H,25,27)/t15-,16+,18+/m0/s1. The number of hydrogen-bond acceptors (Lipinski definition) is 4. The summed E-state index contributed by atoms with van der Waals surface area (Å²) in [6, 6.07) is 6.13. The van der Waals surface area contributed by atoms with E-state index in [9.17, 15) is 22.8 Å². The number of ether oxygens (including phenoxy) is 2. The first-order valence-electron chi connectivity index (χ1n) is 9.80. The van der Waals surface area contributed by atoms with Crippen LogP contribution in [0.15, 0.2) is 24.3 Å². The van der Waals surface area contributed by atoms with E-state index in [1.54, 1.807) is 38.1 Å². The number of amides is 1. The van der Waals surface area contributed by atoms with Crippen LogP contribution in [0, 0.1) is 11.8 Å².